The fourth-order valence-corrected chi connectivity index (χ4v) is 3.90. The molecule has 1 atom stereocenters. The fourth-order valence-electron chi connectivity index (χ4n) is 3.90. The first-order chi connectivity index (χ1) is 14.0. The fraction of sp³-hybridized carbons (Fsp3) is 0.409. The van der Waals surface area contributed by atoms with Crippen molar-refractivity contribution in [3.8, 4) is 0 Å². The number of carbonyl (C=O) groups is 1. The van der Waals surface area contributed by atoms with Crippen molar-refractivity contribution in [1.82, 2.24) is 19.7 Å². The number of piperidine rings is 1. The van der Waals surface area contributed by atoms with E-state index in [-0.39, 0.29) is 24.3 Å². The summed E-state index contributed by atoms with van der Waals surface area (Å²) in [4.78, 5) is 19.3. The SMILES string of the molecule is Cc1cc(C)n(CC(=O)N2CCCCC2c2ncc(Cc3ccc(F)cc3)o2)n1. The van der Waals surface area contributed by atoms with Crippen molar-refractivity contribution in [1.29, 1.82) is 0 Å². The molecule has 1 aromatic carbocycles. The summed E-state index contributed by atoms with van der Waals surface area (Å²) in [7, 11) is 0. The second kappa shape index (κ2) is 8.19. The van der Waals surface area contributed by atoms with E-state index in [9.17, 15) is 9.18 Å². The summed E-state index contributed by atoms with van der Waals surface area (Å²) < 4.78 is 20.8. The molecule has 3 heterocycles. The Morgan fingerprint density at radius 3 is 2.76 bits per heavy atom. The Hall–Kier alpha value is -2.96. The van der Waals surface area contributed by atoms with E-state index in [2.05, 4.69) is 10.1 Å². The van der Waals surface area contributed by atoms with E-state index in [0.717, 1.165) is 36.2 Å². The topological polar surface area (TPSA) is 64.2 Å². The lowest BCUT2D eigenvalue weighted by atomic mass is 10.0. The second-order valence-electron chi connectivity index (χ2n) is 7.65. The van der Waals surface area contributed by atoms with Crippen LogP contribution in [0.3, 0.4) is 0 Å². The molecule has 0 radical (unpaired) electrons. The molecular weight excluding hydrogens is 371 g/mol. The predicted molar refractivity (Wildman–Crippen MR) is 106 cm³/mol. The Balaban J connectivity index is 1.48. The zero-order chi connectivity index (χ0) is 20.4. The van der Waals surface area contributed by atoms with Gasteiger partial charge in [0.05, 0.1) is 11.9 Å². The average molecular weight is 396 g/mol. The molecular formula is C22H25FN4O2. The number of hydrogen-bond donors (Lipinski definition) is 0. The third-order valence-corrected chi connectivity index (χ3v) is 5.36. The Morgan fingerprint density at radius 1 is 1.24 bits per heavy atom. The Kier molecular flexibility index (Phi) is 5.47. The van der Waals surface area contributed by atoms with E-state index >= 15 is 0 Å². The molecule has 29 heavy (non-hydrogen) atoms. The van der Waals surface area contributed by atoms with Gasteiger partial charge in [-0.3, -0.25) is 9.48 Å². The highest BCUT2D eigenvalue weighted by atomic mass is 19.1. The van der Waals surface area contributed by atoms with Crippen LogP contribution >= 0.6 is 0 Å². The maximum absolute atomic E-state index is 13.1. The highest BCUT2D eigenvalue weighted by Gasteiger charge is 2.31. The van der Waals surface area contributed by atoms with Gasteiger partial charge < -0.3 is 9.32 Å². The Bertz CT molecular complexity index is 993. The van der Waals surface area contributed by atoms with Crippen LogP contribution in [0.2, 0.25) is 0 Å². The van der Waals surface area contributed by atoms with Gasteiger partial charge in [0, 0.05) is 18.7 Å². The number of aryl methyl sites for hydroxylation is 2. The third-order valence-electron chi connectivity index (χ3n) is 5.36. The number of aromatic nitrogens is 3. The molecule has 0 saturated carbocycles. The monoisotopic (exact) mass is 396 g/mol. The van der Waals surface area contributed by atoms with Crippen molar-refractivity contribution in [3.05, 3.63) is 70.9 Å². The molecule has 1 fully saturated rings. The van der Waals surface area contributed by atoms with Gasteiger partial charge in [0.15, 0.2) is 0 Å². The number of oxazole rings is 1. The summed E-state index contributed by atoms with van der Waals surface area (Å²) in [5.74, 6) is 1.05. The van der Waals surface area contributed by atoms with Crippen LogP contribution in [0.5, 0.6) is 0 Å². The number of halogens is 1. The summed E-state index contributed by atoms with van der Waals surface area (Å²) >= 11 is 0. The molecule has 0 spiro atoms. The van der Waals surface area contributed by atoms with Gasteiger partial charge in [0.25, 0.3) is 0 Å². The van der Waals surface area contributed by atoms with Gasteiger partial charge >= 0.3 is 0 Å². The minimum Gasteiger partial charge on any atom is -0.443 e. The maximum Gasteiger partial charge on any atom is 0.244 e. The molecule has 1 aliphatic heterocycles. The number of hydrogen-bond acceptors (Lipinski definition) is 4. The van der Waals surface area contributed by atoms with E-state index in [1.807, 2.05) is 24.8 Å². The average Bonchev–Trinajstić information content (AvgIpc) is 3.29. The molecule has 152 valence electrons. The van der Waals surface area contributed by atoms with Crippen LogP contribution in [0.15, 0.2) is 40.9 Å². The molecule has 1 unspecified atom stereocenters. The van der Waals surface area contributed by atoms with Crippen molar-refractivity contribution in [3.63, 3.8) is 0 Å². The van der Waals surface area contributed by atoms with Gasteiger partial charge in [-0.1, -0.05) is 12.1 Å². The molecule has 6 nitrogen and oxygen atoms in total. The van der Waals surface area contributed by atoms with Crippen molar-refractivity contribution >= 4 is 5.91 Å². The lowest BCUT2D eigenvalue weighted by molar-refractivity contribution is -0.136. The van der Waals surface area contributed by atoms with Crippen LogP contribution in [-0.4, -0.2) is 32.1 Å². The molecule has 1 saturated heterocycles. The Labute approximate surface area is 169 Å². The molecule has 0 N–H and O–H groups in total. The Morgan fingerprint density at radius 2 is 2.03 bits per heavy atom. The molecule has 1 amide bonds. The lowest BCUT2D eigenvalue weighted by Gasteiger charge is -2.33. The number of amides is 1. The van der Waals surface area contributed by atoms with Crippen LogP contribution in [0.4, 0.5) is 4.39 Å². The quantitative estimate of drug-likeness (QED) is 0.655. The summed E-state index contributed by atoms with van der Waals surface area (Å²) in [6.45, 7) is 4.79. The minimum absolute atomic E-state index is 0.0270. The molecule has 4 rings (SSSR count). The second-order valence-corrected chi connectivity index (χ2v) is 7.65. The number of likely N-dealkylation sites (tertiary alicyclic amines) is 1. The molecule has 0 aliphatic carbocycles. The normalized spacial score (nSPS) is 16.9. The highest BCUT2D eigenvalue weighted by Crippen LogP contribution is 2.31. The van der Waals surface area contributed by atoms with Crippen molar-refractivity contribution in [2.24, 2.45) is 0 Å². The van der Waals surface area contributed by atoms with Gasteiger partial charge in [-0.2, -0.15) is 5.10 Å². The molecule has 0 bridgehead atoms. The highest BCUT2D eigenvalue weighted by molar-refractivity contribution is 5.76. The summed E-state index contributed by atoms with van der Waals surface area (Å²) in [6.07, 6.45) is 5.09. The summed E-state index contributed by atoms with van der Waals surface area (Å²) in [6, 6.07) is 8.16. The van der Waals surface area contributed by atoms with Crippen LogP contribution in [0.1, 0.15) is 53.9 Å². The van der Waals surface area contributed by atoms with Crippen LogP contribution < -0.4 is 0 Å². The molecule has 7 heteroatoms. The van der Waals surface area contributed by atoms with Crippen LogP contribution in [0, 0.1) is 19.7 Å². The number of rotatable bonds is 5. The first kappa shape index (κ1) is 19.4. The predicted octanol–water partition coefficient (Wildman–Crippen LogP) is 3.97. The van der Waals surface area contributed by atoms with Crippen LogP contribution in [0.25, 0.3) is 0 Å². The first-order valence-corrected chi connectivity index (χ1v) is 9.99. The van der Waals surface area contributed by atoms with Gasteiger partial charge in [-0.05, 0) is 56.9 Å². The van der Waals surface area contributed by atoms with E-state index < -0.39 is 0 Å². The zero-order valence-corrected chi connectivity index (χ0v) is 16.8. The van der Waals surface area contributed by atoms with Crippen molar-refractivity contribution in [2.75, 3.05) is 6.54 Å². The first-order valence-electron chi connectivity index (χ1n) is 9.99. The third kappa shape index (κ3) is 4.39. The number of nitrogens with zero attached hydrogens (tertiary/aromatic N) is 4. The number of benzene rings is 1. The van der Waals surface area contributed by atoms with Gasteiger partial charge in [-0.15, -0.1) is 0 Å². The van der Waals surface area contributed by atoms with Crippen molar-refractivity contribution < 1.29 is 13.6 Å². The summed E-state index contributed by atoms with van der Waals surface area (Å²) in [5.41, 5.74) is 2.83. The smallest absolute Gasteiger partial charge is 0.244 e. The van der Waals surface area contributed by atoms with E-state index in [1.54, 1.807) is 23.0 Å². The van der Waals surface area contributed by atoms with Gasteiger partial charge in [-0.25, -0.2) is 9.37 Å². The molecule has 2 aromatic heterocycles. The standard InChI is InChI=1S/C22H25FN4O2/c1-15-11-16(2)27(25-15)14-21(28)26-10-4-3-5-20(26)22-24-13-19(29-22)12-17-6-8-18(23)9-7-17/h6-9,11,13,20H,3-5,10,12,14H2,1-2H3. The van der Waals surface area contributed by atoms with E-state index in [0.29, 0.717) is 24.6 Å². The molecule has 1 aliphatic rings. The molecule has 3 aromatic rings. The van der Waals surface area contributed by atoms with E-state index in [1.165, 1.54) is 12.1 Å². The van der Waals surface area contributed by atoms with Crippen LogP contribution in [-0.2, 0) is 17.8 Å². The largest absolute Gasteiger partial charge is 0.443 e. The van der Waals surface area contributed by atoms with Gasteiger partial charge in [0.2, 0.25) is 11.8 Å². The van der Waals surface area contributed by atoms with E-state index in [4.69, 9.17) is 4.42 Å². The van der Waals surface area contributed by atoms with Gasteiger partial charge in [0.1, 0.15) is 24.2 Å². The zero-order valence-electron chi connectivity index (χ0n) is 16.8. The van der Waals surface area contributed by atoms with Crippen molar-refractivity contribution in [2.45, 2.75) is 52.1 Å². The summed E-state index contributed by atoms with van der Waals surface area (Å²) in [5, 5.41) is 4.40. The minimum atomic E-state index is -0.258. The maximum atomic E-state index is 13.1. The lowest BCUT2D eigenvalue weighted by Crippen LogP contribution is -2.40. The number of carbonyl (C=O) groups excluding carboxylic acids is 1.